The van der Waals surface area contributed by atoms with Gasteiger partial charge in [-0.2, -0.15) is 13.2 Å². The lowest BCUT2D eigenvalue weighted by Crippen LogP contribution is -2.19. The number of hydrogen-bond donors (Lipinski definition) is 1. The van der Waals surface area contributed by atoms with Crippen molar-refractivity contribution in [3.05, 3.63) is 49.8 Å². The Labute approximate surface area is 125 Å². The Bertz CT molecular complexity index is 857. The van der Waals surface area contributed by atoms with Crippen LogP contribution < -0.4 is 5.43 Å². The number of carbonyl (C=O) groups excluding carboxylic acids is 1. The number of nitro groups is 1. The van der Waals surface area contributed by atoms with Gasteiger partial charge in [-0.15, -0.1) is 0 Å². The van der Waals surface area contributed by atoms with E-state index in [1.165, 1.54) is 6.92 Å². The summed E-state index contributed by atoms with van der Waals surface area (Å²) in [4.78, 5) is 36.0. The smallest absolute Gasteiger partial charge is 0.416 e. The van der Waals surface area contributed by atoms with E-state index in [1.54, 1.807) is 0 Å². The molecule has 1 N–H and O–H groups in total. The number of non-ortho nitro benzene ring substituents is 1. The standard InChI is InChI=1S/C13H9F3N2O5/c1-2-23-12(20)8-5-17-10-7(11(8)19)3-6(13(14,15)16)4-9(10)18(21)22/h3-5H,2H2,1H3,(H,17,19). The van der Waals surface area contributed by atoms with Gasteiger partial charge >= 0.3 is 12.1 Å². The first-order valence-electron chi connectivity index (χ1n) is 6.25. The van der Waals surface area contributed by atoms with Gasteiger partial charge in [-0.05, 0) is 13.0 Å². The molecule has 0 aliphatic carbocycles. The lowest BCUT2D eigenvalue weighted by atomic mass is 10.1. The molecule has 1 heterocycles. The monoisotopic (exact) mass is 330 g/mol. The minimum absolute atomic E-state index is 0.0426. The molecule has 0 atom stereocenters. The number of halogens is 3. The van der Waals surface area contributed by atoms with Gasteiger partial charge in [-0.1, -0.05) is 0 Å². The zero-order valence-electron chi connectivity index (χ0n) is 11.6. The molecule has 0 amide bonds. The first kappa shape index (κ1) is 16.5. The third kappa shape index (κ3) is 3.00. The number of pyridine rings is 1. The van der Waals surface area contributed by atoms with E-state index in [4.69, 9.17) is 0 Å². The van der Waals surface area contributed by atoms with Gasteiger partial charge in [0.1, 0.15) is 11.1 Å². The van der Waals surface area contributed by atoms with Crippen LogP contribution >= 0.6 is 0 Å². The van der Waals surface area contributed by atoms with Crippen LogP contribution in [0.5, 0.6) is 0 Å². The van der Waals surface area contributed by atoms with E-state index in [-0.39, 0.29) is 6.61 Å². The first-order chi connectivity index (χ1) is 10.7. The van der Waals surface area contributed by atoms with Crippen LogP contribution in [0.2, 0.25) is 0 Å². The Morgan fingerprint density at radius 2 is 2.04 bits per heavy atom. The molecule has 0 aliphatic rings. The van der Waals surface area contributed by atoms with E-state index in [2.05, 4.69) is 9.72 Å². The lowest BCUT2D eigenvalue weighted by molar-refractivity contribution is -0.383. The van der Waals surface area contributed by atoms with Gasteiger partial charge in [0.15, 0.2) is 0 Å². The van der Waals surface area contributed by atoms with Crippen molar-refractivity contribution in [2.75, 3.05) is 6.61 Å². The fourth-order valence-corrected chi connectivity index (χ4v) is 1.98. The van der Waals surface area contributed by atoms with Crippen LogP contribution in [0.15, 0.2) is 23.1 Å². The van der Waals surface area contributed by atoms with E-state index in [1.807, 2.05) is 0 Å². The summed E-state index contributed by atoms with van der Waals surface area (Å²) in [6.07, 6.45) is -4.01. The van der Waals surface area contributed by atoms with Crippen LogP contribution in [0, 0.1) is 10.1 Å². The van der Waals surface area contributed by atoms with E-state index < -0.39 is 50.2 Å². The van der Waals surface area contributed by atoms with E-state index in [0.29, 0.717) is 12.1 Å². The van der Waals surface area contributed by atoms with Gasteiger partial charge in [-0.3, -0.25) is 14.9 Å². The number of aromatic nitrogens is 1. The van der Waals surface area contributed by atoms with Crippen LogP contribution in [0.3, 0.4) is 0 Å². The Balaban J connectivity index is 2.84. The highest BCUT2D eigenvalue weighted by Gasteiger charge is 2.34. The number of nitro benzene ring substituents is 1. The second-order valence-corrected chi connectivity index (χ2v) is 4.42. The van der Waals surface area contributed by atoms with Gasteiger partial charge < -0.3 is 9.72 Å². The third-order valence-electron chi connectivity index (χ3n) is 2.99. The maximum absolute atomic E-state index is 12.8. The average molecular weight is 330 g/mol. The highest BCUT2D eigenvalue weighted by atomic mass is 19.4. The normalized spacial score (nSPS) is 11.5. The van der Waals surface area contributed by atoms with E-state index >= 15 is 0 Å². The largest absolute Gasteiger partial charge is 0.462 e. The molecule has 0 saturated carbocycles. The van der Waals surface area contributed by atoms with Crippen molar-refractivity contribution in [2.45, 2.75) is 13.1 Å². The summed E-state index contributed by atoms with van der Waals surface area (Å²) in [5.74, 6) is -1.03. The quantitative estimate of drug-likeness (QED) is 0.529. The maximum atomic E-state index is 12.8. The molecule has 0 radical (unpaired) electrons. The van der Waals surface area contributed by atoms with Crippen LogP contribution in [0.1, 0.15) is 22.8 Å². The summed E-state index contributed by atoms with van der Waals surface area (Å²) in [5, 5.41) is 10.3. The summed E-state index contributed by atoms with van der Waals surface area (Å²) in [6.45, 7) is 1.44. The van der Waals surface area contributed by atoms with E-state index in [9.17, 15) is 32.9 Å². The first-order valence-corrected chi connectivity index (χ1v) is 6.25. The Kier molecular flexibility index (Phi) is 4.08. The van der Waals surface area contributed by atoms with Crippen molar-refractivity contribution in [1.82, 2.24) is 4.98 Å². The second-order valence-electron chi connectivity index (χ2n) is 4.42. The number of H-pyrrole nitrogens is 1. The predicted octanol–water partition coefficient (Wildman–Crippen LogP) is 2.63. The third-order valence-corrected chi connectivity index (χ3v) is 2.99. The molecule has 10 heteroatoms. The zero-order valence-corrected chi connectivity index (χ0v) is 11.6. The number of esters is 1. The van der Waals surface area contributed by atoms with Gasteiger partial charge in [0.25, 0.3) is 5.69 Å². The molecular formula is C13H9F3N2O5. The second kappa shape index (κ2) is 5.71. The Morgan fingerprint density at radius 1 is 1.39 bits per heavy atom. The summed E-state index contributed by atoms with van der Waals surface area (Å²) in [5.41, 5.74) is -4.29. The van der Waals surface area contributed by atoms with Crippen LogP contribution in [0.25, 0.3) is 10.9 Å². The fourth-order valence-electron chi connectivity index (χ4n) is 1.98. The molecule has 0 spiro atoms. The fraction of sp³-hybridized carbons (Fsp3) is 0.231. The number of alkyl halides is 3. The summed E-state index contributed by atoms with van der Waals surface area (Å²) in [6, 6.07) is 0.784. The molecule has 1 aromatic carbocycles. The molecule has 0 saturated heterocycles. The van der Waals surface area contributed by atoms with Gasteiger partial charge in [0.2, 0.25) is 5.43 Å². The SMILES string of the molecule is CCOC(=O)c1c[nH]c2c([N+](=O)[O-])cc(C(F)(F)F)cc2c1=O. The minimum Gasteiger partial charge on any atom is -0.462 e. The number of nitrogens with one attached hydrogen (secondary N) is 1. The molecule has 1 aromatic heterocycles. The molecule has 23 heavy (non-hydrogen) atoms. The molecule has 7 nitrogen and oxygen atoms in total. The van der Waals surface area contributed by atoms with Crippen molar-refractivity contribution in [2.24, 2.45) is 0 Å². The van der Waals surface area contributed by atoms with Crippen molar-refractivity contribution >= 4 is 22.6 Å². The number of fused-ring (bicyclic) bond motifs is 1. The minimum atomic E-state index is -4.88. The van der Waals surface area contributed by atoms with Crippen molar-refractivity contribution in [1.29, 1.82) is 0 Å². The molecule has 0 unspecified atom stereocenters. The summed E-state index contributed by atoms with van der Waals surface area (Å²) < 4.78 is 43.2. The molecule has 2 rings (SSSR count). The van der Waals surface area contributed by atoms with Crippen molar-refractivity contribution in [3.8, 4) is 0 Å². The van der Waals surface area contributed by atoms with Crippen LogP contribution in [-0.4, -0.2) is 22.5 Å². The van der Waals surface area contributed by atoms with Crippen molar-refractivity contribution in [3.63, 3.8) is 0 Å². The topological polar surface area (TPSA) is 102 Å². The van der Waals surface area contributed by atoms with Crippen molar-refractivity contribution < 1.29 is 27.6 Å². The molecule has 0 aliphatic heterocycles. The summed E-state index contributed by atoms with van der Waals surface area (Å²) in [7, 11) is 0. The molecule has 2 aromatic rings. The molecule has 0 bridgehead atoms. The average Bonchev–Trinajstić information content (AvgIpc) is 2.45. The molecular weight excluding hydrogens is 321 g/mol. The summed E-state index contributed by atoms with van der Waals surface area (Å²) >= 11 is 0. The van der Waals surface area contributed by atoms with E-state index in [0.717, 1.165) is 6.20 Å². The lowest BCUT2D eigenvalue weighted by Gasteiger charge is -2.09. The van der Waals surface area contributed by atoms with Gasteiger partial charge in [-0.25, -0.2) is 4.79 Å². The maximum Gasteiger partial charge on any atom is 0.416 e. The number of carbonyl (C=O) groups is 1. The number of rotatable bonds is 3. The predicted molar refractivity (Wildman–Crippen MR) is 72.2 cm³/mol. The number of nitrogens with zero attached hydrogens (tertiary/aromatic N) is 1. The Hall–Kier alpha value is -2.91. The van der Waals surface area contributed by atoms with Gasteiger partial charge in [0, 0.05) is 12.3 Å². The highest BCUT2D eigenvalue weighted by molar-refractivity contribution is 5.96. The molecule has 0 fully saturated rings. The molecule has 122 valence electrons. The number of ether oxygens (including phenoxy) is 1. The Morgan fingerprint density at radius 3 is 2.57 bits per heavy atom. The number of hydrogen-bond acceptors (Lipinski definition) is 5. The highest BCUT2D eigenvalue weighted by Crippen LogP contribution is 2.34. The van der Waals surface area contributed by atoms with Crippen LogP contribution in [0.4, 0.5) is 18.9 Å². The van der Waals surface area contributed by atoms with Crippen LogP contribution in [-0.2, 0) is 10.9 Å². The van der Waals surface area contributed by atoms with Gasteiger partial charge in [0.05, 0.1) is 22.5 Å². The number of aromatic amines is 1. The zero-order chi connectivity index (χ0) is 17.4. The number of benzene rings is 1.